The van der Waals surface area contributed by atoms with E-state index in [2.05, 4.69) is 9.88 Å². The SMILES string of the molecule is COc1cc(-c2ccnc(N3CCN(C(=O)c4ccco4)CC3)n2)cc(OC)c1OC. The second kappa shape index (κ2) is 8.95. The van der Waals surface area contributed by atoms with Gasteiger partial charge in [0.15, 0.2) is 17.3 Å². The number of benzene rings is 1. The molecule has 0 radical (unpaired) electrons. The van der Waals surface area contributed by atoms with Crippen molar-refractivity contribution in [3.63, 3.8) is 0 Å². The summed E-state index contributed by atoms with van der Waals surface area (Å²) in [5, 5.41) is 0. The number of hydrogen-bond donors (Lipinski definition) is 0. The Hall–Kier alpha value is -3.75. The summed E-state index contributed by atoms with van der Waals surface area (Å²) in [4.78, 5) is 25.5. The molecule has 0 bridgehead atoms. The second-order valence-electron chi connectivity index (χ2n) is 6.91. The van der Waals surface area contributed by atoms with E-state index >= 15 is 0 Å². The lowest BCUT2D eigenvalue weighted by atomic mass is 10.1. The number of aromatic nitrogens is 2. The summed E-state index contributed by atoms with van der Waals surface area (Å²) in [6, 6.07) is 8.94. The topological polar surface area (TPSA) is 90.2 Å². The number of ether oxygens (including phenoxy) is 3. The van der Waals surface area contributed by atoms with Crippen LogP contribution in [0, 0.1) is 0 Å². The Morgan fingerprint density at radius 1 is 1.00 bits per heavy atom. The largest absolute Gasteiger partial charge is 0.493 e. The third-order valence-corrected chi connectivity index (χ3v) is 5.19. The molecular weight excluding hydrogens is 400 g/mol. The van der Waals surface area contributed by atoms with Gasteiger partial charge in [-0.15, -0.1) is 0 Å². The highest BCUT2D eigenvalue weighted by molar-refractivity contribution is 5.91. The molecule has 162 valence electrons. The van der Waals surface area contributed by atoms with E-state index in [-0.39, 0.29) is 5.91 Å². The molecule has 0 aliphatic carbocycles. The average Bonchev–Trinajstić information content (AvgIpc) is 3.38. The first-order valence-electron chi connectivity index (χ1n) is 9.85. The number of nitrogens with zero attached hydrogens (tertiary/aromatic N) is 4. The van der Waals surface area contributed by atoms with Crippen LogP contribution < -0.4 is 19.1 Å². The molecule has 0 N–H and O–H groups in total. The molecule has 31 heavy (non-hydrogen) atoms. The average molecular weight is 424 g/mol. The minimum atomic E-state index is -0.100. The first kappa shape index (κ1) is 20.5. The first-order valence-corrected chi connectivity index (χ1v) is 9.85. The Kier molecular flexibility index (Phi) is 5.92. The van der Waals surface area contributed by atoms with Gasteiger partial charge >= 0.3 is 0 Å². The molecule has 2 aromatic heterocycles. The number of piperazine rings is 1. The fourth-order valence-corrected chi connectivity index (χ4v) is 3.56. The first-order chi connectivity index (χ1) is 15.1. The molecular formula is C22H24N4O5. The van der Waals surface area contributed by atoms with Crippen molar-refractivity contribution in [2.75, 3.05) is 52.4 Å². The molecule has 0 spiro atoms. The summed E-state index contributed by atoms with van der Waals surface area (Å²) in [5.74, 6) is 2.51. The highest BCUT2D eigenvalue weighted by Gasteiger charge is 2.25. The van der Waals surface area contributed by atoms with Gasteiger partial charge in [-0.3, -0.25) is 4.79 Å². The summed E-state index contributed by atoms with van der Waals surface area (Å²) >= 11 is 0. The second-order valence-corrected chi connectivity index (χ2v) is 6.91. The maximum Gasteiger partial charge on any atom is 0.289 e. The van der Waals surface area contributed by atoms with Gasteiger partial charge in [-0.05, 0) is 30.3 Å². The van der Waals surface area contributed by atoms with Crippen LogP contribution in [0.5, 0.6) is 17.2 Å². The summed E-state index contributed by atoms with van der Waals surface area (Å²) in [6.45, 7) is 2.39. The van der Waals surface area contributed by atoms with E-state index in [4.69, 9.17) is 23.6 Å². The van der Waals surface area contributed by atoms with Crippen LogP contribution in [0.2, 0.25) is 0 Å². The van der Waals surface area contributed by atoms with Gasteiger partial charge in [0, 0.05) is 37.9 Å². The van der Waals surface area contributed by atoms with E-state index in [0.717, 1.165) is 11.3 Å². The molecule has 1 aliphatic rings. The van der Waals surface area contributed by atoms with Crippen LogP contribution >= 0.6 is 0 Å². The van der Waals surface area contributed by atoms with Crippen LogP contribution in [-0.4, -0.2) is 68.3 Å². The van der Waals surface area contributed by atoms with Crippen molar-refractivity contribution in [3.05, 3.63) is 48.6 Å². The van der Waals surface area contributed by atoms with Gasteiger partial charge in [0.25, 0.3) is 5.91 Å². The van der Waals surface area contributed by atoms with Crippen molar-refractivity contribution in [1.82, 2.24) is 14.9 Å². The minimum absolute atomic E-state index is 0.100. The van der Waals surface area contributed by atoms with Gasteiger partial charge < -0.3 is 28.4 Å². The summed E-state index contributed by atoms with van der Waals surface area (Å²) in [5.41, 5.74) is 1.56. The number of carbonyl (C=O) groups excluding carboxylic acids is 1. The van der Waals surface area contributed by atoms with Crippen molar-refractivity contribution >= 4 is 11.9 Å². The lowest BCUT2D eigenvalue weighted by Crippen LogP contribution is -2.49. The molecule has 0 atom stereocenters. The predicted octanol–water partition coefficient (Wildman–Crippen LogP) is 2.72. The van der Waals surface area contributed by atoms with Gasteiger partial charge in [-0.2, -0.15) is 0 Å². The van der Waals surface area contributed by atoms with Gasteiger partial charge in [-0.1, -0.05) is 0 Å². The van der Waals surface area contributed by atoms with E-state index in [1.807, 2.05) is 18.2 Å². The predicted molar refractivity (Wildman–Crippen MR) is 114 cm³/mol. The van der Waals surface area contributed by atoms with E-state index in [1.165, 1.54) is 6.26 Å². The zero-order valence-electron chi connectivity index (χ0n) is 17.7. The summed E-state index contributed by atoms with van der Waals surface area (Å²) in [7, 11) is 4.73. The quantitative estimate of drug-likeness (QED) is 0.597. The molecule has 0 unspecified atom stereocenters. The van der Waals surface area contributed by atoms with Crippen molar-refractivity contribution in [1.29, 1.82) is 0 Å². The van der Waals surface area contributed by atoms with E-state index in [1.54, 1.807) is 44.6 Å². The van der Waals surface area contributed by atoms with E-state index in [0.29, 0.717) is 55.1 Å². The highest BCUT2D eigenvalue weighted by atomic mass is 16.5. The number of methoxy groups -OCH3 is 3. The number of hydrogen-bond acceptors (Lipinski definition) is 8. The van der Waals surface area contributed by atoms with Gasteiger partial charge in [-0.25, -0.2) is 9.97 Å². The smallest absolute Gasteiger partial charge is 0.289 e. The highest BCUT2D eigenvalue weighted by Crippen LogP contribution is 2.40. The Morgan fingerprint density at radius 3 is 2.29 bits per heavy atom. The molecule has 3 aromatic rings. The van der Waals surface area contributed by atoms with Crippen molar-refractivity contribution in [2.45, 2.75) is 0 Å². The Labute approximate surface area is 180 Å². The number of rotatable bonds is 6. The zero-order chi connectivity index (χ0) is 21.8. The van der Waals surface area contributed by atoms with Crippen LogP contribution in [0.4, 0.5) is 5.95 Å². The van der Waals surface area contributed by atoms with Crippen molar-refractivity contribution in [2.24, 2.45) is 0 Å². The number of anilines is 1. The normalized spacial score (nSPS) is 13.8. The molecule has 9 heteroatoms. The molecule has 1 fully saturated rings. The Morgan fingerprint density at radius 2 is 1.71 bits per heavy atom. The fourth-order valence-electron chi connectivity index (χ4n) is 3.56. The van der Waals surface area contributed by atoms with Crippen LogP contribution in [0.3, 0.4) is 0 Å². The fraction of sp³-hybridized carbons (Fsp3) is 0.318. The summed E-state index contributed by atoms with van der Waals surface area (Å²) in [6.07, 6.45) is 3.23. The van der Waals surface area contributed by atoms with Gasteiger partial charge in [0.1, 0.15) is 0 Å². The van der Waals surface area contributed by atoms with Crippen molar-refractivity contribution in [3.8, 4) is 28.5 Å². The van der Waals surface area contributed by atoms with Gasteiger partial charge in [0.05, 0.1) is 33.3 Å². The standard InChI is InChI=1S/C22H24N4O5/c1-28-18-13-15(14-19(29-2)20(18)30-3)16-6-7-23-22(24-16)26-10-8-25(9-11-26)21(27)17-5-4-12-31-17/h4-7,12-14H,8-11H2,1-3H3. The molecule has 1 aliphatic heterocycles. The lowest BCUT2D eigenvalue weighted by Gasteiger charge is -2.34. The maximum absolute atomic E-state index is 12.5. The minimum Gasteiger partial charge on any atom is -0.493 e. The third-order valence-electron chi connectivity index (χ3n) is 5.19. The molecule has 0 saturated carbocycles. The van der Waals surface area contributed by atoms with Crippen LogP contribution in [0.15, 0.2) is 47.2 Å². The molecule has 1 aromatic carbocycles. The van der Waals surface area contributed by atoms with E-state index < -0.39 is 0 Å². The van der Waals surface area contributed by atoms with E-state index in [9.17, 15) is 4.79 Å². The number of amides is 1. The summed E-state index contributed by atoms with van der Waals surface area (Å²) < 4.78 is 21.5. The Balaban J connectivity index is 1.53. The zero-order valence-corrected chi connectivity index (χ0v) is 17.7. The molecule has 9 nitrogen and oxygen atoms in total. The lowest BCUT2D eigenvalue weighted by molar-refractivity contribution is 0.0714. The number of carbonyl (C=O) groups is 1. The molecule has 1 amide bonds. The van der Waals surface area contributed by atoms with Crippen LogP contribution in [-0.2, 0) is 0 Å². The molecule has 3 heterocycles. The number of furan rings is 1. The monoisotopic (exact) mass is 424 g/mol. The van der Waals surface area contributed by atoms with Crippen molar-refractivity contribution < 1.29 is 23.4 Å². The maximum atomic E-state index is 12.5. The van der Waals surface area contributed by atoms with Crippen LogP contribution in [0.25, 0.3) is 11.3 Å². The third kappa shape index (κ3) is 4.11. The van der Waals surface area contributed by atoms with Crippen LogP contribution in [0.1, 0.15) is 10.6 Å². The molecule has 4 rings (SSSR count). The molecule has 1 saturated heterocycles. The Bertz CT molecular complexity index is 1020. The van der Waals surface area contributed by atoms with Gasteiger partial charge in [0.2, 0.25) is 11.7 Å².